The van der Waals surface area contributed by atoms with Crippen LogP contribution in [0.2, 0.25) is 0 Å². The van der Waals surface area contributed by atoms with Gasteiger partial charge in [-0.3, -0.25) is 0 Å². The molecule has 112 valence electrons. The molecule has 1 saturated heterocycles. The van der Waals surface area contributed by atoms with Crippen LogP contribution < -0.4 is 10.1 Å². The fourth-order valence-electron chi connectivity index (χ4n) is 2.74. The van der Waals surface area contributed by atoms with Crippen molar-refractivity contribution in [2.24, 2.45) is 5.92 Å². The molecule has 1 aliphatic rings. The lowest BCUT2D eigenvalue weighted by atomic mass is 10.1. The van der Waals surface area contributed by atoms with Crippen LogP contribution in [-0.4, -0.2) is 38.2 Å². The van der Waals surface area contributed by atoms with Crippen LogP contribution in [0.1, 0.15) is 25.3 Å². The molecular weight excluding hydrogens is 316 g/mol. The Morgan fingerprint density at radius 3 is 2.80 bits per heavy atom. The first-order valence-electron chi connectivity index (χ1n) is 7.44. The number of ether oxygens (including phenoxy) is 1. The summed E-state index contributed by atoms with van der Waals surface area (Å²) in [5.41, 5.74) is 1.25. The van der Waals surface area contributed by atoms with Crippen molar-refractivity contribution in [1.82, 2.24) is 10.2 Å². The topological polar surface area (TPSA) is 24.5 Å². The summed E-state index contributed by atoms with van der Waals surface area (Å²) in [5, 5.41) is 3.56. The molecule has 3 nitrogen and oxygen atoms in total. The van der Waals surface area contributed by atoms with E-state index in [1.54, 1.807) is 7.11 Å². The van der Waals surface area contributed by atoms with Crippen LogP contribution in [0.15, 0.2) is 22.7 Å². The zero-order valence-electron chi connectivity index (χ0n) is 12.5. The monoisotopic (exact) mass is 340 g/mol. The normalized spacial score (nSPS) is 17.4. The van der Waals surface area contributed by atoms with Gasteiger partial charge in [0.15, 0.2) is 0 Å². The lowest BCUT2D eigenvalue weighted by Gasteiger charge is -2.20. The molecule has 0 aliphatic carbocycles. The van der Waals surface area contributed by atoms with Gasteiger partial charge < -0.3 is 15.0 Å². The van der Waals surface area contributed by atoms with Gasteiger partial charge in [0.1, 0.15) is 5.75 Å². The van der Waals surface area contributed by atoms with Crippen molar-refractivity contribution in [3.05, 3.63) is 28.2 Å². The number of nitrogens with one attached hydrogen (secondary N) is 1. The molecule has 4 heteroatoms. The maximum absolute atomic E-state index is 5.27. The van der Waals surface area contributed by atoms with E-state index < -0.39 is 0 Å². The van der Waals surface area contributed by atoms with Crippen LogP contribution in [-0.2, 0) is 6.54 Å². The molecule has 0 bridgehead atoms. The first-order chi connectivity index (χ1) is 9.69. The van der Waals surface area contributed by atoms with Gasteiger partial charge in [0.2, 0.25) is 0 Å². The van der Waals surface area contributed by atoms with E-state index in [2.05, 4.69) is 39.1 Å². The second kappa shape index (κ2) is 8.01. The third-order valence-electron chi connectivity index (χ3n) is 3.83. The molecule has 0 aromatic heterocycles. The number of nitrogens with zero attached hydrogens (tertiary/aromatic N) is 1. The number of methoxy groups -OCH3 is 1. The fourth-order valence-corrected chi connectivity index (χ4v) is 3.12. The number of halogens is 1. The lowest BCUT2D eigenvalue weighted by Crippen LogP contribution is -2.31. The predicted molar refractivity (Wildman–Crippen MR) is 87.2 cm³/mol. The third-order valence-corrected chi connectivity index (χ3v) is 4.60. The first kappa shape index (κ1) is 15.8. The smallest absolute Gasteiger partial charge is 0.119 e. The average molecular weight is 341 g/mol. The van der Waals surface area contributed by atoms with E-state index in [0.29, 0.717) is 5.92 Å². The number of rotatable bonds is 7. The Balaban J connectivity index is 1.74. The molecule has 1 atom stereocenters. The van der Waals surface area contributed by atoms with Gasteiger partial charge in [0.05, 0.1) is 7.11 Å². The molecule has 0 amide bonds. The maximum Gasteiger partial charge on any atom is 0.119 e. The Morgan fingerprint density at radius 1 is 1.35 bits per heavy atom. The Labute approximate surface area is 130 Å². The third kappa shape index (κ3) is 4.76. The van der Waals surface area contributed by atoms with Crippen LogP contribution in [0.25, 0.3) is 0 Å². The van der Waals surface area contributed by atoms with Gasteiger partial charge in [0, 0.05) is 17.6 Å². The Bertz CT molecular complexity index is 419. The summed E-state index contributed by atoms with van der Waals surface area (Å²) in [6, 6.07) is 6.11. The summed E-state index contributed by atoms with van der Waals surface area (Å²) in [6.07, 6.45) is 2.74. The fraction of sp³-hybridized carbons (Fsp3) is 0.625. The molecule has 0 spiro atoms. The number of benzene rings is 1. The first-order valence-corrected chi connectivity index (χ1v) is 8.24. The molecule has 2 rings (SSSR count). The summed E-state index contributed by atoms with van der Waals surface area (Å²) in [7, 11) is 1.71. The van der Waals surface area contributed by atoms with Gasteiger partial charge in [-0.05, 0) is 62.2 Å². The van der Waals surface area contributed by atoms with Crippen molar-refractivity contribution in [3.8, 4) is 5.75 Å². The van der Waals surface area contributed by atoms with E-state index in [9.17, 15) is 0 Å². The average Bonchev–Trinajstić information content (AvgIpc) is 2.93. The van der Waals surface area contributed by atoms with Gasteiger partial charge in [-0.25, -0.2) is 0 Å². The van der Waals surface area contributed by atoms with Crippen LogP contribution in [0.4, 0.5) is 0 Å². The van der Waals surface area contributed by atoms with Crippen LogP contribution >= 0.6 is 15.9 Å². The second-order valence-corrected chi connectivity index (χ2v) is 6.56. The zero-order valence-corrected chi connectivity index (χ0v) is 14.1. The number of hydrogen-bond donors (Lipinski definition) is 1. The van der Waals surface area contributed by atoms with E-state index in [-0.39, 0.29) is 0 Å². The summed E-state index contributed by atoms with van der Waals surface area (Å²) < 4.78 is 6.41. The van der Waals surface area contributed by atoms with Gasteiger partial charge in [-0.1, -0.05) is 22.9 Å². The maximum atomic E-state index is 5.27. The van der Waals surface area contributed by atoms with Gasteiger partial charge >= 0.3 is 0 Å². The molecule has 0 radical (unpaired) electrons. The minimum atomic E-state index is 0.692. The molecule has 1 fully saturated rings. The van der Waals surface area contributed by atoms with Gasteiger partial charge in [-0.2, -0.15) is 0 Å². The van der Waals surface area contributed by atoms with Crippen molar-refractivity contribution >= 4 is 15.9 Å². The minimum Gasteiger partial charge on any atom is -0.497 e. The molecule has 0 saturated carbocycles. The predicted octanol–water partition coefficient (Wildman–Crippen LogP) is 3.28. The second-order valence-electron chi connectivity index (χ2n) is 5.70. The van der Waals surface area contributed by atoms with Crippen molar-refractivity contribution in [2.45, 2.75) is 26.3 Å². The Kier molecular flexibility index (Phi) is 6.33. The quantitative estimate of drug-likeness (QED) is 0.824. The molecule has 1 aliphatic heterocycles. The van der Waals surface area contributed by atoms with E-state index in [1.165, 1.54) is 38.0 Å². The molecule has 20 heavy (non-hydrogen) atoms. The molecule has 1 unspecified atom stereocenters. The van der Waals surface area contributed by atoms with E-state index >= 15 is 0 Å². The van der Waals surface area contributed by atoms with E-state index in [4.69, 9.17) is 4.74 Å². The molecule has 1 N–H and O–H groups in total. The zero-order chi connectivity index (χ0) is 14.4. The van der Waals surface area contributed by atoms with E-state index in [1.807, 2.05) is 12.1 Å². The lowest BCUT2D eigenvalue weighted by molar-refractivity contribution is 0.282. The van der Waals surface area contributed by atoms with Gasteiger partial charge in [-0.15, -0.1) is 0 Å². The van der Waals surface area contributed by atoms with Crippen LogP contribution in [0.3, 0.4) is 0 Å². The highest BCUT2D eigenvalue weighted by atomic mass is 79.9. The number of likely N-dealkylation sites (tertiary alicyclic amines) is 1. The van der Waals surface area contributed by atoms with Crippen LogP contribution in [0, 0.1) is 5.92 Å². The summed E-state index contributed by atoms with van der Waals surface area (Å²) >= 11 is 3.59. The minimum absolute atomic E-state index is 0.692. The summed E-state index contributed by atoms with van der Waals surface area (Å²) in [6.45, 7) is 8.04. The highest BCUT2D eigenvalue weighted by Gasteiger charge is 2.14. The SMILES string of the molecule is COc1ccc(Br)c(CNCC(C)CN2CCCC2)c1. The standard InChI is InChI=1S/C16H25BrN2O/c1-13(12-19-7-3-4-8-19)10-18-11-14-9-15(20-2)5-6-16(14)17/h5-6,9,13,18H,3-4,7-8,10-12H2,1-2H3. The molecule has 1 heterocycles. The van der Waals surface area contributed by atoms with Crippen molar-refractivity contribution < 1.29 is 4.74 Å². The van der Waals surface area contributed by atoms with Gasteiger partial charge in [0.25, 0.3) is 0 Å². The summed E-state index contributed by atoms with van der Waals surface area (Å²) in [5.74, 6) is 1.60. The molecule has 1 aromatic carbocycles. The Morgan fingerprint density at radius 2 is 2.10 bits per heavy atom. The van der Waals surface area contributed by atoms with Crippen molar-refractivity contribution in [1.29, 1.82) is 0 Å². The van der Waals surface area contributed by atoms with Crippen LogP contribution in [0.5, 0.6) is 5.75 Å². The van der Waals surface area contributed by atoms with Crippen molar-refractivity contribution in [2.75, 3.05) is 33.3 Å². The van der Waals surface area contributed by atoms with Crippen molar-refractivity contribution in [3.63, 3.8) is 0 Å². The highest BCUT2D eigenvalue weighted by molar-refractivity contribution is 9.10. The largest absolute Gasteiger partial charge is 0.497 e. The van der Waals surface area contributed by atoms with E-state index in [0.717, 1.165) is 23.3 Å². The Hall–Kier alpha value is -0.580. The summed E-state index contributed by atoms with van der Waals surface area (Å²) in [4.78, 5) is 2.58. The highest BCUT2D eigenvalue weighted by Crippen LogP contribution is 2.22. The number of hydrogen-bond acceptors (Lipinski definition) is 3. The molecule has 1 aromatic rings. The molecular formula is C16H25BrN2O.